The smallest absolute Gasteiger partial charge is 0.393 e. The summed E-state index contributed by atoms with van der Waals surface area (Å²) < 4.78 is 41.8. The number of aliphatic hydroxyl groups excluding tert-OH is 1. The maximum absolute atomic E-state index is 13.7. The fraction of sp³-hybridized carbons (Fsp3) is 0.591. The van der Waals surface area contributed by atoms with Gasteiger partial charge < -0.3 is 14.9 Å². The third-order valence-electron chi connectivity index (χ3n) is 6.89. The minimum Gasteiger partial charge on any atom is -0.393 e. The minimum atomic E-state index is -4.66. The molecule has 2 aromatic heterocycles. The number of carbonyl (C=O) groups excluding carboxylic acids is 2. The van der Waals surface area contributed by atoms with Crippen LogP contribution in [0.2, 0.25) is 5.02 Å². The maximum atomic E-state index is 13.7. The molecule has 3 heterocycles. The summed E-state index contributed by atoms with van der Waals surface area (Å²) in [4.78, 5) is 28.9. The molecule has 33 heavy (non-hydrogen) atoms. The van der Waals surface area contributed by atoms with Crippen LogP contribution in [-0.4, -0.2) is 68.1 Å². The van der Waals surface area contributed by atoms with Gasteiger partial charge in [-0.3, -0.25) is 9.59 Å². The van der Waals surface area contributed by atoms with E-state index >= 15 is 0 Å². The van der Waals surface area contributed by atoms with E-state index in [1.807, 2.05) is 0 Å². The third kappa shape index (κ3) is 4.19. The highest BCUT2D eigenvalue weighted by Crippen LogP contribution is 2.43. The van der Waals surface area contributed by atoms with Crippen molar-refractivity contribution in [3.8, 4) is 0 Å². The fourth-order valence-corrected chi connectivity index (χ4v) is 5.15. The number of amides is 2. The zero-order chi connectivity index (χ0) is 23.5. The monoisotopic (exact) mass is 484 g/mol. The van der Waals surface area contributed by atoms with Crippen molar-refractivity contribution in [3.63, 3.8) is 0 Å². The first kappa shape index (κ1) is 22.5. The molecule has 0 bridgehead atoms. The standard InChI is InChI=1S/C22H24ClF3N4O3/c23-19-16-9-13(12-1-2-12)10-17(22(24,25)26)30(16)27-20(19)21(33)28-7-8-29(18(32)11-28)14-3-5-15(31)6-4-14/h9-10,12,14-15,31H,1-8,11H2. The molecule has 2 saturated carbocycles. The van der Waals surface area contributed by atoms with Crippen molar-refractivity contribution in [1.29, 1.82) is 0 Å². The van der Waals surface area contributed by atoms with Gasteiger partial charge in [0.05, 0.1) is 16.6 Å². The Morgan fingerprint density at radius 3 is 2.39 bits per heavy atom. The normalized spacial score (nSPS) is 24.6. The number of hydrogen-bond donors (Lipinski definition) is 1. The van der Waals surface area contributed by atoms with Crippen molar-refractivity contribution >= 4 is 28.9 Å². The van der Waals surface area contributed by atoms with Gasteiger partial charge in [-0.15, -0.1) is 0 Å². The van der Waals surface area contributed by atoms with Crippen molar-refractivity contribution in [2.75, 3.05) is 19.6 Å². The summed E-state index contributed by atoms with van der Waals surface area (Å²) in [6.07, 6.45) is -0.663. The van der Waals surface area contributed by atoms with Gasteiger partial charge in [-0.1, -0.05) is 11.6 Å². The van der Waals surface area contributed by atoms with Crippen LogP contribution in [-0.2, 0) is 11.0 Å². The average Bonchev–Trinajstić information content (AvgIpc) is 3.57. The summed E-state index contributed by atoms with van der Waals surface area (Å²) in [5, 5.41) is 13.5. The molecular weight excluding hydrogens is 461 g/mol. The van der Waals surface area contributed by atoms with Crippen LogP contribution in [0.4, 0.5) is 13.2 Å². The molecule has 2 aliphatic carbocycles. The van der Waals surface area contributed by atoms with Gasteiger partial charge in [-0.2, -0.15) is 18.3 Å². The Morgan fingerprint density at radius 2 is 1.79 bits per heavy atom. The Kier molecular flexibility index (Phi) is 5.55. The van der Waals surface area contributed by atoms with Gasteiger partial charge in [0.15, 0.2) is 5.69 Å². The summed E-state index contributed by atoms with van der Waals surface area (Å²) in [6.45, 7) is 0.394. The molecule has 0 aromatic carbocycles. The lowest BCUT2D eigenvalue weighted by Crippen LogP contribution is -2.56. The van der Waals surface area contributed by atoms with Crippen LogP contribution >= 0.6 is 11.6 Å². The quantitative estimate of drug-likeness (QED) is 0.723. The predicted octanol–water partition coefficient (Wildman–Crippen LogP) is 3.47. The first-order valence-corrected chi connectivity index (χ1v) is 11.6. The SMILES string of the molecule is O=C(c1nn2c(C(F)(F)F)cc(C3CC3)cc2c1Cl)N1CCN(C2CCC(O)CC2)C(=O)C1. The highest BCUT2D eigenvalue weighted by atomic mass is 35.5. The molecule has 11 heteroatoms. The van der Waals surface area contributed by atoms with Gasteiger partial charge in [-0.05, 0) is 62.1 Å². The van der Waals surface area contributed by atoms with Crippen LogP contribution in [0, 0.1) is 0 Å². The zero-order valence-electron chi connectivity index (χ0n) is 17.8. The second-order valence-electron chi connectivity index (χ2n) is 9.18. The Labute approximate surface area is 193 Å². The number of aromatic nitrogens is 2. The fourth-order valence-electron chi connectivity index (χ4n) is 4.90. The molecule has 1 N–H and O–H groups in total. The van der Waals surface area contributed by atoms with E-state index in [9.17, 15) is 27.9 Å². The summed E-state index contributed by atoms with van der Waals surface area (Å²) in [7, 11) is 0. The minimum absolute atomic E-state index is 0.0344. The van der Waals surface area contributed by atoms with E-state index in [4.69, 9.17) is 11.6 Å². The Hall–Kier alpha value is -2.33. The van der Waals surface area contributed by atoms with Crippen LogP contribution in [0.5, 0.6) is 0 Å². The number of carbonyl (C=O) groups is 2. The van der Waals surface area contributed by atoms with Crippen molar-refractivity contribution in [3.05, 3.63) is 34.1 Å². The van der Waals surface area contributed by atoms with Gasteiger partial charge in [-0.25, -0.2) is 4.52 Å². The number of pyridine rings is 1. The maximum Gasteiger partial charge on any atom is 0.433 e. The van der Waals surface area contributed by atoms with Crippen LogP contribution in [0.25, 0.3) is 5.52 Å². The largest absolute Gasteiger partial charge is 0.433 e. The molecule has 5 rings (SSSR count). The molecule has 0 atom stereocenters. The molecule has 0 radical (unpaired) electrons. The third-order valence-corrected chi connectivity index (χ3v) is 7.26. The van der Waals surface area contributed by atoms with Crippen molar-refractivity contribution in [2.24, 2.45) is 0 Å². The molecule has 0 unspecified atom stereocenters. The predicted molar refractivity (Wildman–Crippen MR) is 113 cm³/mol. The van der Waals surface area contributed by atoms with Crippen LogP contribution in [0.3, 0.4) is 0 Å². The first-order valence-electron chi connectivity index (χ1n) is 11.2. The van der Waals surface area contributed by atoms with E-state index in [0.29, 0.717) is 42.3 Å². The number of rotatable bonds is 3. The molecule has 1 saturated heterocycles. The first-order chi connectivity index (χ1) is 15.6. The molecule has 1 aliphatic heterocycles. The number of halogens is 4. The van der Waals surface area contributed by atoms with E-state index < -0.39 is 17.8 Å². The Balaban J connectivity index is 1.40. The van der Waals surface area contributed by atoms with E-state index in [2.05, 4.69) is 5.10 Å². The number of nitrogens with zero attached hydrogens (tertiary/aromatic N) is 4. The molecule has 2 aromatic rings. The highest BCUT2D eigenvalue weighted by molar-refractivity contribution is 6.36. The lowest BCUT2D eigenvalue weighted by atomic mass is 9.91. The molecular formula is C22H24ClF3N4O3. The Bertz CT molecular complexity index is 1110. The van der Waals surface area contributed by atoms with E-state index in [0.717, 1.165) is 18.9 Å². The molecule has 0 spiro atoms. The van der Waals surface area contributed by atoms with E-state index in [-0.39, 0.29) is 53.3 Å². The lowest BCUT2D eigenvalue weighted by molar-refractivity contribution is -0.142. The van der Waals surface area contributed by atoms with Gasteiger partial charge in [0.2, 0.25) is 5.91 Å². The topological polar surface area (TPSA) is 78.2 Å². The summed E-state index contributed by atoms with van der Waals surface area (Å²) >= 11 is 6.37. The average molecular weight is 485 g/mol. The zero-order valence-corrected chi connectivity index (χ0v) is 18.6. The summed E-state index contributed by atoms with van der Waals surface area (Å²) in [5.74, 6) is -0.812. The van der Waals surface area contributed by atoms with Gasteiger partial charge >= 0.3 is 6.18 Å². The molecule has 2 amide bonds. The number of hydrogen-bond acceptors (Lipinski definition) is 4. The van der Waals surface area contributed by atoms with Crippen LogP contribution < -0.4 is 0 Å². The molecule has 3 fully saturated rings. The Morgan fingerprint density at radius 1 is 1.09 bits per heavy atom. The summed E-state index contributed by atoms with van der Waals surface area (Å²) in [6, 6.07) is 2.68. The lowest BCUT2D eigenvalue weighted by Gasteiger charge is -2.41. The number of piperazine rings is 1. The van der Waals surface area contributed by atoms with Gasteiger partial charge in [0.1, 0.15) is 12.2 Å². The second kappa shape index (κ2) is 8.16. The second-order valence-corrected chi connectivity index (χ2v) is 9.56. The van der Waals surface area contributed by atoms with Gasteiger partial charge in [0.25, 0.3) is 5.91 Å². The van der Waals surface area contributed by atoms with Crippen molar-refractivity contribution < 1.29 is 27.9 Å². The highest BCUT2D eigenvalue weighted by Gasteiger charge is 2.39. The number of alkyl halides is 3. The summed E-state index contributed by atoms with van der Waals surface area (Å²) in [5.41, 5.74) is -0.667. The van der Waals surface area contributed by atoms with Crippen LogP contribution in [0.15, 0.2) is 12.1 Å². The molecule has 7 nitrogen and oxygen atoms in total. The van der Waals surface area contributed by atoms with Crippen molar-refractivity contribution in [1.82, 2.24) is 19.4 Å². The van der Waals surface area contributed by atoms with E-state index in [1.54, 1.807) is 11.0 Å². The number of aliphatic hydroxyl groups is 1. The molecule has 3 aliphatic rings. The van der Waals surface area contributed by atoms with E-state index in [1.165, 1.54) is 4.90 Å². The van der Waals surface area contributed by atoms with Crippen molar-refractivity contribution in [2.45, 2.75) is 62.8 Å². The van der Waals surface area contributed by atoms with Gasteiger partial charge in [0, 0.05) is 19.1 Å². The molecule has 178 valence electrons. The van der Waals surface area contributed by atoms with Crippen LogP contribution in [0.1, 0.15) is 66.2 Å². The number of fused-ring (bicyclic) bond motifs is 1.